The number of aryl methyl sites for hydroxylation is 6. The zero-order chi connectivity index (χ0) is 92.5. The molecular formula is C124H154N2O4. The van der Waals surface area contributed by atoms with Crippen molar-refractivity contribution in [2.45, 2.75) is 227 Å². The third kappa shape index (κ3) is 34.8. The monoisotopic (exact) mass is 1740 g/mol. The van der Waals surface area contributed by atoms with E-state index in [-0.39, 0.29) is 0 Å². The lowest BCUT2D eigenvalue weighted by molar-refractivity contribution is 0.267. The summed E-state index contributed by atoms with van der Waals surface area (Å²) in [5, 5.41) is 0. The molecule has 0 spiro atoms. The lowest BCUT2D eigenvalue weighted by Crippen LogP contribution is -2.12. The first-order valence-corrected chi connectivity index (χ1v) is 49.1. The van der Waals surface area contributed by atoms with Gasteiger partial charge in [0.1, 0.15) is 23.0 Å². The predicted molar refractivity (Wildman–Crippen MR) is 566 cm³/mol. The smallest absolute Gasteiger partial charge is 0.127 e. The zero-order valence-corrected chi connectivity index (χ0v) is 82.3. The molecule has 6 heteroatoms. The number of nitrogens with zero attached hydrogens (tertiary/aromatic N) is 2. The Kier molecular flexibility index (Phi) is 41.6. The summed E-state index contributed by atoms with van der Waals surface area (Å²) in [7, 11) is 0. The Labute approximate surface area is 786 Å². The molecule has 0 aromatic heterocycles. The number of benzene rings is 12. The summed E-state index contributed by atoms with van der Waals surface area (Å²) in [6, 6.07) is 99.7. The van der Waals surface area contributed by atoms with Crippen molar-refractivity contribution in [3.63, 3.8) is 0 Å². The van der Waals surface area contributed by atoms with Crippen LogP contribution >= 0.6 is 0 Å². The fourth-order valence-electron chi connectivity index (χ4n) is 16.3. The number of ether oxygens (including phenoxy) is 4. The van der Waals surface area contributed by atoms with Crippen LogP contribution in [0.25, 0.3) is 58.7 Å². The van der Waals surface area contributed by atoms with E-state index in [1.54, 1.807) is 0 Å². The average molecular weight is 1740 g/mol. The molecule has 0 radical (unpaired) electrons. The van der Waals surface area contributed by atoms with Gasteiger partial charge >= 0.3 is 0 Å². The molecule has 0 bridgehead atoms. The third-order valence-electron chi connectivity index (χ3n) is 24.9. The van der Waals surface area contributed by atoms with Gasteiger partial charge in [0.25, 0.3) is 0 Å². The molecule has 130 heavy (non-hydrogen) atoms. The summed E-state index contributed by atoms with van der Waals surface area (Å²) in [4.78, 5) is 4.59. The molecule has 0 aliphatic heterocycles. The van der Waals surface area contributed by atoms with E-state index < -0.39 is 0 Å². The summed E-state index contributed by atoms with van der Waals surface area (Å²) in [5.74, 6) is 9.71. The number of hydrogen-bond donors (Lipinski definition) is 0. The Bertz CT molecular complexity index is 5000. The number of anilines is 6. The molecule has 0 amide bonds. The lowest BCUT2D eigenvalue weighted by atomic mass is 9.97. The molecule has 0 fully saturated rings. The van der Waals surface area contributed by atoms with Gasteiger partial charge in [0.05, 0.1) is 26.4 Å². The summed E-state index contributed by atoms with van der Waals surface area (Å²) in [6.45, 7) is 43.7. The second-order valence-corrected chi connectivity index (χ2v) is 38.8. The fourth-order valence-corrected chi connectivity index (χ4v) is 16.3. The van der Waals surface area contributed by atoms with Gasteiger partial charge in [0.15, 0.2) is 0 Å². The molecular weight excluding hydrogens is 1580 g/mol. The van der Waals surface area contributed by atoms with Crippen molar-refractivity contribution in [3.8, 4) is 45.3 Å². The topological polar surface area (TPSA) is 43.4 Å². The zero-order valence-electron chi connectivity index (χ0n) is 82.3. The SMILES string of the molecule is Cc1cc(OCCC(C)CCCC(C)C)c(C)cc1OCCC(C)CCCC(C)C.Cc1ccc(/C=C/c2ccc(-c3ccc(/C=C/c4ccc(-c5ccc(/C=C/c6ccc(C)cc6)cc5)c(OCCC(C)CCCC(C)C)c4)cc3OCCC(C)CCCC(C)C)cc2)cc1.Cc1ccc(N(c2ccc(C)cc2)c2ccc(N(c3ccccc3)c3ccccc3)cc2)cc1. The van der Waals surface area contributed by atoms with Crippen molar-refractivity contribution in [2.75, 3.05) is 36.2 Å². The van der Waals surface area contributed by atoms with E-state index in [0.29, 0.717) is 25.0 Å². The highest BCUT2D eigenvalue weighted by Gasteiger charge is 2.19. The van der Waals surface area contributed by atoms with Gasteiger partial charge in [0, 0.05) is 45.3 Å². The number of hydrogen-bond acceptors (Lipinski definition) is 6. The first-order valence-electron chi connectivity index (χ1n) is 49.1. The molecule has 6 nitrogen and oxygen atoms in total. The fraction of sp³-hybridized carbons (Fsp3) is 0.371. The van der Waals surface area contributed by atoms with Crippen molar-refractivity contribution in [3.05, 3.63) is 346 Å². The molecule has 0 saturated heterocycles. The molecule has 4 unspecified atom stereocenters. The van der Waals surface area contributed by atoms with Crippen molar-refractivity contribution in [1.29, 1.82) is 0 Å². The van der Waals surface area contributed by atoms with E-state index >= 15 is 0 Å². The van der Waals surface area contributed by atoms with E-state index in [2.05, 4.69) is 450 Å². The van der Waals surface area contributed by atoms with E-state index in [1.807, 2.05) is 0 Å². The number of para-hydroxylation sites is 2. The van der Waals surface area contributed by atoms with Crippen molar-refractivity contribution >= 4 is 70.6 Å². The maximum atomic E-state index is 6.69. The first kappa shape index (κ1) is 101. The normalized spacial score (nSPS) is 12.4. The molecule has 0 N–H and O–H groups in total. The minimum absolute atomic E-state index is 0.626. The Balaban J connectivity index is 0.000000228. The minimum Gasteiger partial charge on any atom is -0.493 e. The van der Waals surface area contributed by atoms with E-state index in [1.165, 1.54) is 133 Å². The summed E-state index contributed by atoms with van der Waals surface area (Å²) < 4.78 is 25.6. The van der Waals surface area contributed by atoms with Gasteiger partial charge < -0.3 is 28.7 Å². The van der Waals surface area contributed by atoms with Crippen molar-refractivity contribution < 1.29 is 18.9 Å². The van der Waals surface area contributed by atoms with Crippen LogP contribution in [0.3, 0.4) is 0 Å². The highest BCUT2D eigenvalue weighted by molar-refractivity contribution is 5.83. The van der Waals surface area contributed by atoms with Gasteiger partial charge in [-0.1, -0.05) is 401 Å². The molecule has 684 valence electrons. The van der Waals surface area contributed by atoms with Gasteiger partial charge in [-0.05, 0) is 267 Å². The Morgan fingerprint density at radius 1 is 0.215 bits per heavy atom. The van der Waals surface area contributed by atoms with Crippen LogP contribution in [0, 0.1) is 88.9 Å². The maximum Gasteiger partial charge on any atom is 0.127 e. The second kappa shape index (κ2) is 53.7. The summed E-state index contributed by atoms with van der Waals surface area (Å²) in [5.41, 5.74) is 25.7. The Hall–Kier alpha value is -11.3. The quantitative estimate of drug-likeness (QED) is 0.0354. The van der Waals surface area contributed by atoms with Crippen LogP contribution < -0.4 is 28.7 Å². The summed E-state index contributed by atoms with van der Waals surface area (Å²) in [6.07, 6.45) is 33.0. The maximum absolute atomic E-state index is 6.69. The second-order valence-electron chi connectivity index (χ2n) is 38.8. The van der Waals surface area contributed by atoms with Gasteiger partial charge in [-0.2, -0.15) is 0 Å². The van der Waals surface area contributed by atoms with E-state index in [9.17, 15) is 0 Å². The van der Waals surface area contributed by atoms with E-state index in [0.717, 1.165) is 165 Å². The van der Waals surface area contributed by atoms with Crippen LogP contribution in [0.2, 0.25) is 0 Å². The van der Waals surface area contributed by atoms with Crippen LogP contribution in [0.5, 0.6) is 23.0 Å². The molecule has 4 atom stereocenters. The summed E-state index contributed by atoms with van der Waals surface area (Å²) >= 11 is 0. The van der Waals surface area contributed by atoms with Crippen molar-refractivity contribution in [1.82, 2.24) is 0 Å². The average Bonchev–Trinajstić information content (AvgIpc) is 0.789. The molecule has 12 aromatic carbocycles. The molecule has 12 aromatic rings. The van der Waals surface area contributed by atoms with Crippen LogP contribution in [0.15, 0.2) is 279 Å². The predicted octanol–water partition coefficient (Wildman–Crippen LogP) is 36.6. The van der Waals surface area contributed by atoms with E-state index in [4.69, 9.17) is 18.9 Å². The Morgan fingerprint density at radius 2 is 0.438 bits per heavy atom. The highest BCUT2D eigenvalue weighted by atomic mass is 16.5. The van der Waals surface area contributed by atoms with Crippen LogP contribution in [0.1, 0.15) is 253 Å². The minimum atomic E-state index is 0.626. The van der Waals surface area contributed by atoms with Crippen LogP contribution in [0.4, 0.5) is 34.1 Å². The highest BCUT2D eigenvalue weighted by Crippen LogP contribution is 2.41. The Morgan fingerprint density at radius 3 is 0.708 bits per heavy atom. The molecule has 0 heterocycles. The first-order chi connectivity index (χ1) is 62.8. The third-order valence-corrected chi connectivity index (χ3v) is 24.9. The molecule has 0 aliphatic rings. The van der Waals surface area contributed by atoms with Gasteiger partial charge in [-0.3, -0.25) is 0 Å². The van der Waals surface area contributed by atoms with Crippen molar-refractivity contribution in [2.24, 2.45) is 47.3 Å². The largest absolute Gasteiger partial charge is 0.493 e. The van der Waals surface area contributed by atoms with Gasteiger partial charge in [0.2, 0.25) is 0 Å². The van der Waals surface area contributed by atoms with Crippen LogP contribution in [-0.2, 0) is 0 Å². The van der Waals surface area contributed by atoms with Gasteiger partial charge in [-0.15, -0.1) is 0 Å². The molecule has 0 saturated carbocycles. The molecule has 0 aliphatic carbocycles. The molecule has 12 rings (SSSR count). The van der Waals surface area contributed by atoms with Crippen LogP contribution in [-0.4, -0.2) is 26.4 Å². The van der Waals surface area contributed by atoms with Gasteiger partial charge in [-0.25, -0.2) is 0 Å². The standard InChI is InChI=1S/C64H76O2.C32H28N2.C28H50O2/c1-47(2)11-9-13-49(5)41-43-65-63-45-57(33-39-61(63)59-35-29-55(30-36-59)25-23-53-19-15-51(7)16-20-53)27-28-58-34-40-62(64(46-58)66-44-42-50(6)14-10-12-48(3)4)60-37-31-56(32-38-60)26-24-54-21-17-52(8)18-22-54;1-25-13-17-29(18-14-25)34(30-19-15-26(2)16-20-30)32-23-21-31(22-24-32)33(27-9-5-3-6-10-27)28-11-7-4-8-12-28;1-21(2)11-9-13-23(5)15-17-29-27-19-26(8)28(20-25(27)7)30-18-16-24(6)14-10-12-22(3)4/h15-40,45-50H,9-14,41-44H2,1-8H3;3-24H,1-2H3;19-24H,9-18H2,1-8H3/b25-23+,26-24+,28-27+;;. The lowest BCUT2D eigenvalue weighted by Gasteiger charge is -2.28. The number of rotatable bonds is 46.